The number of carboxylic acids is 1. The molecule has 3 rings (SSSR count). The second-order valence-corrected chi connectivity index (χ2v) is 10.6. The van der Waals surface area contributed by atoms with Crippen molar-refractivity contribution in [3.63, 3.8) is 0 Å². The van der Waals surface area contributed by atoms with E-state index < -0.39 is 18.0 Å². The molecular formula is C20H25NO4S2. The monoisotopic (exact) mass is 407 g/mol. The van der Waals surface area contributed by atoms with Crippen LogP contribution in [0.15, 0.2) is 40.9 Å². The van der Waals surface area contributed by atoms with Crippen molar-refractivity contribution in [2.24, 2.45) is 5.92 Å². The highest BCUT2D eigenvalue weighted by Crippen LogP contribution is 2.46. The van der Waals surface area contributed by atoms with Crippen LogP contribution in [0.5, 0.6) is 0 Å². The SMILES string of the molecule is C[C@@H](O)C1C(=O)N2C(C(=O)[O-])=C(SCC[S+](C)CCc3ccccc3)CC12. The number of rotatable bonds is 9. The second kappa shape index (κ2) is 8.71. The number of fused-ring (bicyclic) bond motifs is 1. The summed E-state index contributed by atoms with van der Waals surface area (Å²) in [5.74, 6) is 0.867. The lowest BCUT2D eigenvalue weighted by molar-refractivity contribution is -0.301. The van der Waals surface area contributed by atoms with Gasteiger partial charge in [0.05, 0.1) is 36.0 Å². The van der Waals surface area contributed by atoms with Crippen LogP contribution < -0.4 is 5.11 Å². The van der Waals surface area contributed by atoms with Gasteiger partial charge < -0.3 is 19.9 Å². The fourth-order valence-corrected chi connectivity index (χ4v) is 6.81. The fraction of sp³-hybridized carbons (Fsp3) is 0.500. The van der Waals surface area contributed by atoms with Crippen LogP contribution in [0.25, 0.3) is 0 Å². The van der Waals surface area contributed by atoms with Crippen LogP contribution in [0.3, 0.4) is 0 Å². The van der Waals surface area contributed by atoms with Crippen molar-refractivity contribution in [2.45, 2.75) is 31.9 Å². The fourth-order valence-electron chi connectivity index (χ4n) is 3.70. The number of β-lactam (4-membered cyclic amide) rings is 1. The Morgan fingerprint density at radius 2 is 2.07 bits per heavy atom. The third kappa shape index (κ3) is 4.36. The van der Waals surface area contributed by atoms with Gasteiger partial charge in [0.2, 0.25) is 5.91 Å². The zero-order chi connectivity index (χ0) is 19.6. The van der Waals surface area contributed by atoms with Gasteiger partial charge in [-0.15, -0.1) is 11.8 Å². The van der Waals surface area contributed by atoms with Crippen LogP contribution in [-0.2, 0) is 26.9 Å². The standard InChI is InChI=1S/C20H25NO4S2/c1-13(22)17-15-12-16(18(20(24)25)21(15)19(17)23)26-9-11-27(2)10-8-14-6-4-3-5-7-14/h3-7,13,15,17,22H,8-12H2,1-2H3/t13-,15?,17?,27?/m1/s1. The molecule has 0 saturated carbocycles. The maximum absolute atomic E-state index is 12.2. The van der Waals surface area contributed by atoms with Crippen LogP contribution in [0, 0.1) is 5.92 Å². The zero-order valence-electron chi connectivity index (χ0n) is 15.6. The van der Waals surface area contributed by atoms with Gasteiger partial charge in [-0.1, -0.05) is 30.3 Å². The number of carbonyl (C=O) groups excluding carboxylic acids is 2. The first kappa shape index (κ1) is 20.3. The molecular weight excluding hydrogens is 382 g/mol. The first-order chi connectivity index (χ1) is 12.9. The molecule has 1 fully saturated rings. The molecule has 0 bridgehead atoms. The van der Waals surface area contributed by atoms with Gasteiger partial charge in [0, 0.05) is 23.5 Å². The number of nitrogens with zero attached hydrogens (tertiary/aromatic N) is 1. The Morgan fingerprint density at radius 3 is 2.70 bits per heavy atom. The van der Waals surface area contributed by atoms with Crippen molar-refractivity contribution in [1.29, 1.82) is 0 Å². The Morgan fingerprint density at radius 1 is 1.37 bits per heavy atom. The molecule has 1 saturated heterocycles. The zero-order valence-corrected chi connectivity index (χ0v) is 17.2. The molecule has 0 aromatic heterocycles. The average Bonchev–Trinajstić information content (AvgIpc) is 2.95. The van der Waals surface area contributed by atoms with E-state index in [-0.39, 0.29) is 28.5 Å². The van der Waals surface area contributed by atoms with Crippen LogP contribution in [-0.4, -0.2) is 57.5 Å². The maximum atomic E-state index is 12.2. The molecule has 1 N–H and O–H groups in total. The molecule has 0 aliphatic carbocycles. The van der Waals surface area contributed by atoms with Crippen LogP contribution in [0.4, 0.5) is 0 Å². The minimum absolute atomic E-state index is 0.0205. The molecule has 146 valence electrons. The number of carboxylic acid groups (broad SMARTS) is 1. The molecule has 1 aromatic carbocycles. The third-order valence-corrected chi connectivity index (χ3v) is 8.35. The van der Waals surface area contributed by atoms with Gasteiger partial charge in [0.1, 0.15) is 11.5 Å². The number of benzene rings is 1. The van der Waals surface area contributed by atoms with E-state index in [0.717, 1.165) is 28.6 Å². The Labute approximate surface area is 167 Å². The van der Waals surface area contributed by atoms with Crippen LogP contribution in [0.1, 0.15) is 18.9 Å². The number of hydrogen-bond acceptors (Lipinski definition) is 5. The number of hydrogen-bond donors (Lipinski definition) is 1. The first-order valence-electron chi connectivity index (χ1n) is 9.11. The minimum atomic E-state index is -1.29. The Bertz CT molecular complexity index is 735. The predicted octanol–water partition coefficient (Wildman–Crippen LogP) is 0.783. The van der Waals surface area contributed by atoms with Gasteiger partial charge in [-0.3, -0.25) is 4.79 Å². The first-order valence-corrected chi connectivity index (χ1v) is 12.1. The summed E-state index contributed by atoms with van der Waals surface area (Å²) in [5, 5.41) is 21.3. The molecule has 27 heavy (non-hydrogen) atoms. The summed E-state index contributed by atoms with van der Waals surface area (Å²) in [6.07, 6.45) is 3.05. The topological polar surface area (TPSA) is 80.7 Å². The maximum Gasteiger partial charge on any atom is 0.235 e. The normalized spacial score (nSPS) is 23.8. The third-order valence-electron chi connectivity index (χ3n) is 5.17. The van der Waals surface area contributed by atoms with Crippen molar-refractivity contribution >= 4 is 34.5 Å². The van der Waals surface area contributed by atoms with E-state index in [4.69, 9.17) is 0 Å². The van der Waals surface area contributed by atoms with Crippen molar-refractivity contribution in [3.8, 4) is 0 Å². The van der Waals surface area contributed by atoms with Gasteiger partial charge >= 0.3 is 0 Å². The summed E-state index contributed by atoms with van der Waals surface area (Å²) in [5.41, 5.74) is 1.36. The summed E-state index contributed by atoms with van der Waals surface area (Å²) < 4.78 is 0. The van der Waals surface area contributed by atoms with Crippen molar-refractivity contribution in [2.75, 3.05) is 23.5 Å². The van der Waals surface area contributed by atoms with E-state index in [9.17, 15) is 19.8 Å². The second-order valence-electron chi connectivity index (χ2n) is 7.08. The minimum Gasteiger partial charge on any atom is -0.543 e. The quantitative estimate of drug-likeness (QED) is 0.483. The Kier molecular flexibility index (Phi) is 6.55. The molecule has 2 aliphatic rings. The summed E-state index contributed by atoms with van der Waals surface area (Å²) in [6, 6.07) is 10.2. The summed E-state index contributed by atoms with van der Waals surface area (Å²) >= 11 is 1.52. The largest absolute Gasteiger partial charge is 0.543 e. The van der Waals surface area contributed by atoms with E-state index in [2.05, 4.69) is 30.5 Å². The number of amides is 1. The highest BCUT2D eigenvalue weighted by atomic mass is 32.2. The molecule has 3 unspecified atom stereocenters. The molecule has 2 aliphatic heterocycles. The Balaban J connectivity index is 1.51. The van der Waals surface area contributed by atoms with Gasteiger partial charge in [-0.25, -0.2) is 0 Å². The summed E-state index contributed by atoms with van der Waals surface area (Å²) in [6.45, 7) is 1.58. The molecule has 7 heteroatoms. The smallest absolute Gasteiger partial charge is 0.235 e. The Hall–Kier alpha value is -1.44. The molecule has 5 nitrogen and oxygen atoms in total. The number of aryl methyl sites for hydroxylation is 1. The number of aliphatic carboxylic acids is 1. The highest BCUT2D eigenvalue weighted by molar-refractivity contribution is 8.04. The van der Waals surface area contributed by atoms with E-state index in [0.29, 0.717) is 6.42 Å². The number of aliphatic hydroxyl groups is 1. The molecule has 4 atom stereocenters. The van der Waals surface area contributed by atoms with E-state index in [1.807, 2.05) is 6.07 Å². The number of carbonyl (C=O) groups is 2. The number of aliphatic hydroxyl groups excluding tert-OH is 1. The predicted molar refractivity (Wildman–Crippen MR) is 108 cm³/mol. The van der Waals surface area contributed by atoms with Crippen LogP contribution >= 0.6 is 11.8 Å². The van der Waals surface area contributed by atoms with Gasteiger partial charge in [-0.2, -0.15) is 0 Å². The van der Waals surface area contributed by atoms with E-state index >= 15 is 0 Å². The van der Waals surface area contributed by atoms with Crippen molar-refractivity contribution in [1.82, 2.24) is 4.90 Å². The molecule has 1 aromatic rings. The number of thioether (sulfide) groups is 1. The summed E-state index contributed by atoms with van der Waals surface area (Å²) in [7, 11) is 0.257. The van der Waals surface area contributed by atoms with Gasteiger partial charge in [0.15, 0.2) is 0 Å². The molecule has 0 spiro atoms. The lowest BCUT2D eigenvalue weighted by atomic mass is 9.83. The van der Waals surface area contributed by atoms with Crippen molar-refractivity contribution < 1.29 is 19.8 Å². The molecule has 0 radical (unpaired) electrons. The van der Waals surface area contributed by atoms with Crippen molar-refractivity contribution in [3.05, 3.63) is 46.5 Å². The lowest BCUT2D eigenvalue weighted by Gasteiger charge is -2.45. The van der Waals surface area contributed by atoms with E-state index in [1.54, 1.807) is 6.92 Å². The highest BCUT2D eigenvalue weighted by Gasteiger charge is 2.55. The van der Waals surface area contributed by atoms with Crippen LogP contribution in [0.2, 0.25) is 0 Å². The lowest BCUT2D eigenvalue weighted by Crippen LogP contribution is -2.62. The average molecular weight is 408 g/mol. The van der Waals surface area contributed by atoms with E-state index in [1.165, 1.54) is 22.2 Å². The summed E-state index contributed by atoms with van der Waals surface area (Å²) in [4.78, 5) is 25.8. The van der Waals surface area contributed by atoms with Gasteiger partial charge in [-0.05, 0) is 23.4 Å². The van der Waals surface area contributed by atoms with Gasteiger partial charge in [0.25, 0.3) is 0 Å². The molecule has 2 heterocycles. The molecule has 1 amide bonds.